The molecular formula is C5H9BN2. The van der Waals surface area contributed by atoms with Crippen LogP contribution in [0.25, 0.3) is 0 Å². The Morgan fingerprint density at radius 1 is 1.50 bits per heavy atom. The third-order valence-corrected chi connectivity index (χ3v) is 1.38. The van der Waals surface area contributed by atoms with E-state index >= 15 is 0 Å². The molecule has 1 aliphatic rings. The van der Waals surface area contributed by atoms with Gasteiger partial charge in [-0.1, -0.05) is 5.47 Å². The molecule has 1 rings (SSSR count). The van der Waals surface area contributed by atoms with E-state index in [0.29, 0.717) is 0 Å². The molecule has 1 heterocycles. The molecule has 8 heavy (non-hydrogen) atoms. The smallest absolute Gasteiger partial charge is 0.234 e. The lowest BCUT2D eigenvalue weighted by molar-refractivity contribution is 1.28. The van der Waals surface area contributed by atoms with Gasteiger partial charge in [-0.3, -0.25) is 4.99 Å². The highest BCUT2D eigenvalue weighted by atomic mass is 14.9. The predicted octanol–water partition coefficient (Wildman–Crippen LogP) is 0.00260. The molecule has 0 saturated heterocycles. The van der Waals surface area contributed by atoms with Gasteiger partial charge in [0.15, 0.2) is 0 Å². The topological polar surface area (TPSA) is 38.4 Å². The number of nitrogens with zero attached hydrogens (tertiary/aromatic N) is 1. The molecule has 0 aromatic rings. The van der Waals surface area contributed by atoms with Crippen LogP contribution >= 0.6 is 0 Å². The summed E-state index contributed by atoms with van der Waals surface area (Å²) in [6.45, 7) is 4.04. The van der Waals surface area contributed by atoms with Crippen molar-refractivity contribution in [3.8, 4) is 0 Å². The van der Waals surface area contributed by atoms with Crippen LogP contribution in [0.2, 0.25) is 0 Å². The van der Waals surface area contributed by atoms with E-state index in [9.17, 15) is 0 Å². The highest BCUT2D eigenvalue weighted by Gasteiger charge is 2.08. The van der Waals surface area contributed by atoms with E-state index < -0.39 is 0 Å². The van der Waals surface area contributed by atoms with Crippen molar-refractivity contribution in [2.45, 2.75) is 13.8 Å². The second kappa shape index (κ2) is 1.65. The second-order valence-corrected chi connectivity index (χ2v) is 2.15. The third-order valence-electron chi connectivity index (χ3n) is 1.38. The van der Waals surface area contributed by atoms with Crippen molar-refractivity contribution in [1.29, 1.82) is 0 Å². The van der Waals surface area contributed by atoms with Crippen LogP contribution in [-0.2, 0) is 0 Å². The van der Waals surface area contributed by atoms with Gasteiger partial charge in [-0.2, -0.15) is 0 Å². The van der Waals surface area contributed by atoms with E-state index in [1.54, 1.807) is 0 Å². The zero-order chi connectivity index (χ0) is 6.15. The average molecular weight is 108 g/mol. The minimum atomic E-state index is 0.750. The lowest BCUT2D eigenvalue weighted by atomic mass is 9.70. The van der Waals surface area contributed by atoms with Crippen molar-refractivity contribution in [3.05, 3.63) is 11.2 Å². The largest absolute Gasteiger partial charge is 0.395 e. The Kier molecular flexibility index (Phi) is 1.12. The summed E-state index contributed by atoms with van der Waals surface area (Å²) in [5.74, 6) is 0. The number of rotatable bonds is 0. The summed E-state index contributed by atoms with van der Waals surface area (Å²) in [4.78, 5) is 4.04. The molecule has 1 aliphatic heterocycles. The zero-order valence-electron chi connectivity index (χ0n) is 5.23. The number of amidine groups is 1. The monoisotopic (exact) mass is 108 g/mol. The maximum absolute atomic E-state index is 5.42. The van der Waals surface area contributed by atoms with Gasteiger partial charge in [0.05, 0.1) is 5.73 Å². The number of aliphatic imine (C=N–C) groups is 1. The Balaban J connectivity index is 2.79. The van der Waals surface area contributed by atoms with E-state index in [0.717, 1.165) is 18.7 Å². The molecule has 42 valence electrons. The Bertz CT molecular complexity index is 169. The first-order valence-corrected chi connectivity index (χ1v) is 2.69. The first-order chi connectivity index (χ1) is 3.70. The Morgan fingerprint density at radius 3 is 2.25 bits per heavy atom. The molecule has 0 aliphatic carbocycles. The Morgan fingerprint density at radius 2 is 2.12 bits per heavy atom. The van der Waals surface area contributed by atoms with Crippen LogP contribution in [0, 0.1) is 0 Å². The maximum Gasteiger partial charge on any atom is 0.234 e. The maximum atomic E-state index is 5.42. The van der Waals surface area contributed by atoms with Crippen molar-refractivity contribution in [2.75, 3.05) is 0 Å². The van der Waals surface area contributed by atoms with Gasteiger partial charge in [-0.15, -0.1) is 0 Å². The quantitative estimate of drug-likeness (QED) is 0.436. The summed E-state index contributed by atoms with van der Waals surface area (Å²) in [5.41, 5.74) is 8.55. The fourth-order valence-corrected chi connectivity index (χ4v) is 0.750. The minimum absolute atomic E-state index is 0.750. The van der Waals surface area contributed by atoms with Gasteiger partial charge in [-0.05, 0) is 13.8 Å². The summed E-state index contributed by atoms with van der Waals surface area (Å²) >= 11 is 0. The highest BCUT2D eigenvalue weighted by molar-refractivity contribution is 6.81. The fourth-order valence-electron chi connectivity index (χ4n) is 0.750. The molecule has 0 amide bonds. The first kappa shape index (κ1) is 5.41. The van der Waals surface area contributed by atoms with Gasteiger partial charge in [0.2, 0.25) is 7.28 Å². The van der Waals surface area contributed by atoms with Crippen molar-refractivity contribution in [3.63, 3.8) is 0 Å². The van der Waals surface area contributed by atoms with E-state index in [1.807, 2.05) is 6.92 Å². The lowest BCUT2D eigenvalue weighted by Gasteiger charge is -1.84. The van der Waals surface area contributed by atoms with E-state index in [2.05, 4.69) is 11.9 Å². The van der Waals surface area contributed by atoms with Crippen molar-refractivity contribution >= 4 is 13.0 Å². The van der Waals surface area contributed by atoms with Gasteiger partial charge in [-0.25, -0.2) is 0 Å². The average Bonchev–Trinajstić information content (AvgIpc) is 1.85. The third kappa shape index (κ3) is 0.758. The molecule has 2 N–H and O–H groups in total. The van der Waals surface area contributed by atoms with Crippen molar-refractivity contribution in [1.82, 2.24) is 0 Å². The zero-order valence-corrected chi connectivity index (χ0v) is 5.23. The Hall–Kier alpha value is -0.725. The van der Waals surface area contributed by atoms with Gasteiger partial charge in [0, 0.05) is 5.70 Å². The molecule has 0 unspecified atom stereocenters. The first-order valence-electron chi connectivity index (χ1n) is 2.69. The molecule has 0 aromatic heterocycles. The van der Waals surface area contributed by atoms with Crippen LogP contribution in [0.15, 0.2) is 16.2 Å². The predicted molar refractivity (Wildman–Crippen MR) is 37.1 cm³/mol. The Labute approximate surface area is 49.7 Å². The summed E-state index contributed by atoms with van der Waals surface area (Å²) in [5, 5.41) is 0. The second-order valence-electron chi connectivity index (χ2n) is 2.15. The highest BCUT2D eigenvalue weighted by Crippen LogP contribution is 2.08. The number of hydrogen-bond donors (Lipinski definition) is 1. The molecule has 0 atom stereocenters. The van der Waals surface area contributed by atoms with Crippen LogP contribution in [0.3, 0.4) is 0 Å². The van der Waals surface area contributed by atoms with Crippen molar-refractivity contribution in [2.24, 2.45) is 10.7 Å². The summed E-state index contributed by atoms with van der Waals surface area (Å²) in [6.07, 6.45) is 0. The van der Waals surface area contributed by atoms with Crippen LogP contribution in [0.1, 0.15) is 13.8 Å². The molecule has 3 heteroatoms. The number of hydrogen-bond acceptors (Lipinski definition) is 2. The van der Waals surface area contributed by atoms with Gasteiger partial charge >= 0.3 is 0 Å². The molecule has 0 radical (unpaired) electrons. The van der Waals surface area contributed by atoms with Crippen molar-refractivity contribution < 1.29 is 0 Å². The van der Waals surface area contributed by atoms with E-state index in [1.165, 1.54) is 5.47 Å². The number of nitrogens with two attached hydrogens (primary N) is 1. The molecule has 0 bridgehead atoms. The van der Waals surface area contributed by atoms with Crippen LogP contribution in [0.5, 0.6) is 0 Å². The normalized spacial score (nSPS) is 18.5. The standard InChI is InChI=1S/C5H9BN2/c1-3-4(2)8-5(7)6-3/h6H,1-2H3,(H2,7,8). The molecule has 2 nitrogen and oxygen atoms in total. The minimum Gasteiger partial charge on any atom is -0.395 e. The molecular weight excluding hydrogens is 98.9 g/mol. The van der Waals surface area contributed by atoms with Crippen LogP contribution in [0.4, 0.5) is 0 Å². The lowest BCUT2D eigenvalue weighted by Crippen LogP contribution is -2.16. The van der Waals surface area contributed by atoms with E-state index in [4.69, 9.17) is 5.73 Å². The summed E-state index contributed by atoms with van der Waals surface area (Å²) in [7, 11) is 0.867. The summed E-state index contributed by atoms with van der Waals surface area (Å²) in [6, 6.07) is 0. The van der Waals surface area contributed by atoms with E-state index in [-0.39, 0.29) is 0 Å². The van der Waals surface area contributed by atoms with Gasteiger partial charge in [0.25, 0.3) is 0 Å². The summed E-state index contributed by atoms with van der Waals surface area (Å²) < 4.78 is 0. The van der Waals surface area contributed by atoms with Crippen LogP contribution in [-0.4, -0.2) is 13.0 Å². The fraction of sp³-hybridized carbons (Fsp3) is 0.400. The molecule has 0 spiro atoms. The molecule has 0 saturated carbocycles. The number of allylic oxidation sites excluding steroid dienone is 2. The van der Waals surface area contributed by atoms with Gasteiger partial charge in [0.1, 0.15) is 0 Å². The molecule has 0 aromatic carbocycles. The van der Waals surface area contributed by atoms with Crippen LogP contribution < -0.4 is 5.73 Å². The SMILES string of the molecule is CC1=C(C)N=C(N)B1. The van der Waals surface area contributed by atoms with Gasteiger partial charge < -0.3 is 5.73 Å². The molecule has 0 fully saturated rings.